The molecule has 3 aromatic rings. The predicted molar refractivity (Wildman–Crippen MR) is 134 cm³/mol. The van der Waals surface area contributed by atoms with Gasteiger partial charge in [0.25, 0.3) is 5.91 Å². The van der Waals surface area contributed by atoms with Gasteiger partial charge < -0.3 is 19.2 Å². The van der Waals surface area contributed by atoms with Gasteiger partial charge in [-0.15, -0.1) is 0 Å². The van der Waals surface area contributed by atoms with Gasteiger partial charge in [0, 0.05) is 35.7 Å². The average Bonchev–Trinajstić information content (AvgIpc) is 3.60. The van der Waals surface area contributed by atoms with Crippen LogP contribution in [0.15, 0.2) is 71.3 Å². The highest BCUT2D eigenvalue weighted by molar-refractivity contribution is 5.95. The smallest absolute Gasteiger partial charge is 0.303 e. The van der Waals surface area contributed by atoms with Crippen LogP contribution in [-0.4, -0.2) is 34.5 Å². The molecule has 2 aromatic carbocycles. The second-order valence-corrected chi connectivity index (χ2v) is 9.09. The quantitative estimate of drug-likeness (QED) is 0.300. The molecule has 0 bridgehead atoms. The van der Waals surface area contributed by atoms with E-state index in [-0.39, 0.29) is 18.4 Å². The average molecular weight is 476 g/mol. The monoisotopic (exact) mass is 475 g/mol. The van der Waals surface area contributed by atoms with Crippen LogP contribution < -0.4 is 4.74 Å². The summed E-state index contributed by atoms with van der Waals surface area (Å²) in [5.41, 5.74) is 2.61. The number of carboxylic acids is 1. The summed E-state index contributed by atoms with van der Waals surface area (Å²) in [5.74, 6) is 0.843. The fourth-order valence-corrected chi connectivity index (χ4v) is 4.66. The minimum atomic E-state index is -0.761. The maximum atomic E-state index is 13.6. The van der Waals surface area contributed by atoms with Crippen molar-refractivity contribution in [2.45, 2.75) is 64.0 Å². The molecule has 0 saturated heterocycles. The molecule has 1 amide bonds. The third kappa shape index (κ3) is 6.75. The van der Waals surface area contributed by atoms with Crippen LogP contribution in [0.3, 0.4) is 0 Å². The third-order valence-electron chi connectivity index (χ3n) is 6.57. The zero-order valence-electron chi connectivity index (χ0n) is 20.0. The molecule has 0 atom stereocenters. The van der Waals surface area contributed by atoms with Crippen LogP contribution in [0.5, 0.6) is 5.75 Å². The van der Waals surface area contributed by atoms with E-state index in [1.807, 2.05) is 65.6 Å². The topological polar surface area (TPSA) is 80.0 Å². The zero-order valence-corrected chi connectivity index (χ0v) is 20.0. The second kappa shape index (κ2) is 12.2. The van der Waals surface area contributed by atoms with E-state index in [2.05, 4.69) is 0 Å². The molecular formula is C29H33NO5. The molecule has 184 valence electrons. The molecule has 1 aliphatic carbocycles. The largest absolute Gasteiger partial charge is 0.493 e. The summed E-state index contributed by atoms with van der Waals surface area (Å²) in [6, 6.07) is 19.5. The van der Waals surface area contributed by atoms with Crippen molar-refractivity contribution in [3.63, 3.8) is 0 Å². The van der Waals surface area contributed by atoms with Gasteiger partial charge in [-0.3, -0.25) is 9.59 Å². The van der Waals surface area contributed by atoms with Gasteiger partial charge in [-0.2, -0.15) is 0 Å². The highest BCUT2D eigenvalue weighted by Gasteiger charge is 2.28. The van der Waals surface area contributed by atoms with Crippen molar-refractivity contribution in [2.24, 2.45) is 0 Å². The molecule has 0 spiro atoms. The number of rotatable bonds is 12. The first-order valence-electron chi connectivity index (χ1n) is 12.5. The number of carbonyl (C=O) groups excluding carboxylic acids is 1. The fourth-order valence-electron chi connectivity index (χ4n) is 4.66. The summed E-state index contributed by atoms with van der Waals surface area (Å²) >= 11 is 0. The molecule has 1 N–H and O–H groups in total. The Hall–Kier alpha value is -3.54. The molecule has 6 heteroatoms. The first-order valence-corrected chi connectivity index (χ1v) is 12.5. The normalized spacial score (nSPS) is 13.6. The van der Waals surface area contributed by atoms with E-state index in [0.717, 1.165) is 61.2 Å². The molecule has 1 fully saturated rings. The molecule has 1 aromatic heterocycles. The molecule has 6 nitrogen and oxygen atoms in total. The van der Waals surface area contributed by atoms with Crippen LogP contribution in [0.25, 0.3) is 11.3 Å². The minimum absolute atomic E-state index is 0.0337. The lowest BCUT2D eigenvalue weighted by Gasteiger charge is -2.30. The van der Waals surface area contributed by atoms with Crippen LogP contribution in [0.4, 0.5) is 0 Å². The second-order valence-electron chi connectivity index (χ2n) is 9.09. The number of furan rings is 1. The van der Waals surface area contributed by atoms with E-state index in [1.54, 1.807) is 6.26 Å². The lowest BCUT2D eigenvalue weighted by Crippen LogP contribution is -2.38. The molecule has 4 rings (SSSR count). The Kier molecular flexibility index (Phi) is 8.60. The Morgan fingerprint density at radius 2 is 1.71 bits per heavy atom. The van der Waals surface area contributed by atoms with Gasteiger partial charge in [0.1, 0.15) is 11.5 Å². The summed E-state index contributed by atoms with van der Waals surface area (Å²) in [6.07, 6.45) is 8.42. The fraction of sp³-hybridized carbons (Fsp3) is 0.379. The van der Waals surface area contributed by atoms with E-state index in [9.17, 15) is 9.59 Å². The van der Waals surface area contributed by atoms with Crippen molar-refractivity contribution in [3.8, 4) is 17.1 Å². The summed E-state index contributed by atoms with van der Waals surface area (Å²) < 4.78 is 11.5. The zero-order chi connectivity index (χ0) is 24.5. The van der Waals surface area contributed by atoms with E-state index in [0.29, 0.717) is 25.1 Å². The Morgan fingerprint density at radius 3 is 2.43 bits per heavy atom. The predicted octanol–water partition coefficient (Wildman–Crippen LogP) is 6.56. The first-order chi connectivity index (χ1) is 17.1. The van der Waals surface area contributed by atoms with Gasteiger partial charge in [-0.25, -0.2) is 0 Å². The number of carbonyl (C=O) groups is 2. The van der Waals surface area contributed by atoms with Crippen molar-refractivity contribution in [3.05, 3.63) is 78.1 Å². The van der Waals surface area contributed by atoms with Gasteiger partial charge in [0.15, 0.2) is 0 Å². The van der Waals surface area contributed by atoms with E-state index < -0.39 is 5.97 Å². The SMILES string of the molecule is O=C(O)CCCCCOc1ccccc1CN(C(=O)c1ccc(-c2ccco2)cc1)C1CCCC1. The number of ether oxygens (including phenoxy) is 1. The molecule has 1 heterocycles. The maximum Gasteiger partial charge on any atom is 0.303 e. The number of amides is 1. The first kappa shape index (κ1) is 24.6. The third-order valence-corrected chi connectivity index (χ3v) is 6.57. The molecule has 1 saturated carbocycles. The van der Waals surface area contributed by atoms with Crippen molar-refractivity contribution in [2.75, 3.05) is 6.61 Å². The molecule has 1 aliphatic rings. The van der Waals surface area contributed by atoms with Crippen molar-refractivity contribution < 1.29 is 23.8 Å². The van der Waals surface area contributed by atoms with Gasteiger partial charge in [-0.1, -0.05) is 43.2 Å². The van der Waals surface area contributed by atoms with Crippen molar-refractivity contribution in [1.29, 1.82) is 0 Å². The summed E-state index contributed by atoms with van der Waals surface area (Å²) in [7, 11) is 0. The molecule has 35 heavy (non-hydrogen) atoms. The number of hydrogen-bond acceptors (Lipinski definition) is 4. The van der Waals surface area contributed by atoms with Crippen LogP contribution in [0.1, 0.15) is 67.3 Å². The number of nitrogens with zero attached hydrogens (tertiary/aromatic N) is 1. The number of aliphatic carboxylic acids is 1. The summed E-state index contributed by atoms with van der Waals surface area (Å²) in [4.78, 5) is 26.3. The Bertz CT molecular complexity index is 1080. The van der Waals surface area contributed by atoms with Crippen molar-refractivity contribution >= 4 is 11.9 Å². The highest BCUT2D eigenvalue weighted by atomic mass is 16.5. The van der Waals surface area contributed by atoms with Crippen LogP contribution >= 0.6 is 0 Å². The summed E-state index contributed by atoms with van der Waals surface area (Å²) in [6.45, 7) is 1.03. The highest BCUT2D eigenvalue weighted by Crippen LogP contribution is 2.30. The molecule has 0 aliphatic heterocycles. The number of benzene rings is 2. The lowest BCUT2D eigenvalue weighted by atomic mass is 10.1. The van der Waals surface area contributed by atoms with Gasteiger partial charge in [0.05, 0.1) is 12.9 Å². The molecular weight excluding hydrogens is 442 g/mol. The Labute approximate surface area is 206 Å². The molecule has 0 unspecified atom stereocenters. The van der Waals surface area contributed by atoms with Crippen molar-refractivity contribution in [1.82, 2.24) is 4.90 Å². The van der Waals surface area contributed by atoms with Crippen LogP contribution in [0.2, 0.25) is 0 Å². The van der Waals surface area contributed by atoms with E-state index in [1.165, 1.54) is 0 Å². The standard InChI is InChI=1S/C29H33NO5/c31-28(32)14-2-1-7-19-34-27-12-6-3-9-24(27)21-30(25-10-4-5-11-25)29(33)23-17-15-22(16-18-23)26-13-8-20-35-26/h3,6,8-9,12-13,15-18,20,25H,1-2,4-5,7,10-11,14,19,21H2,(H,31,32). The lowest BCUT2D eigenvalue weighted by molar-refractivity contribution is -0.137. The van der Waals surface area contributed by atoms with E-state index >= 15 is 0 Å². The Morgan fingerprint density at radius 1 is 0.943 bits per heavy atom. The van der Waals surface area contributed by atoms with Gasteiger partial charge >= 0.3 is 5.97 Å². The molecule has 0 radical (unpaired) electrons. The number of para-hydroxylation sites is 1. The van der Waals surface area contributed by atoms with Gasteiger partial charge in [0.2, 0.25) is 0 Å². The van der Waals surface area contributed by atoms with Gasteiger partial charge in [-0.05, 0) is 62.4 Å². The van der Waals surface area contributed by atoms with E-state index in [4.69, 9.17) is 14.3 Å². The summed E-state index contributed by atoms with van der Waals surface area (Å²) in [5, 5.41) is 8.77. The number of hydrogen-bond donors (Lipinski definition) is 1. The van der Waals surface area contributed by atoms with Crippen LogP contribution in [-0.2, 0) is 11.3 Å². The number of carboxylic acid groups (broad SMARTS) is 1. The van der Waals surface area contributed by atoms with Crippen LogP contribution in [0, 0.1) is 0 Å². The maximum absolute atomic E-state index is 13.6. The Balaban J connectivity index is 1.44. The number of unbranched alkanes of at least 4 members (excludes halogenated alkanes) is 2. The minimum Gasteiger partial charge on any atom is -0.493 e.